The van der Waals surface area contributed by atoms with E-state index in [9.17, 15) is 4.79 Å². The average molecular weight is 924 g/mol. The van der Waals surface area contributed by atoms with E-state index in [4.69, 9.17) is 0 Å². The molecule has 0 aliphatic heterocycles. The second-order valence-corrected chi connectivity index (χ2v) is 18.8. The van der Waals surface area contributed by atoms with Gasteiger partial charge in [0.15, 0.2) is 6.29 Å². The molecule has 69 heavy (non-hydrogen) atoms. The van der Waals surface area contributed by atoms with E-state index in [1.165, 1.54) is 16.2 Å². The van der Waals surface area contributed by atoms with Crippen molar-refractivity contribution in [1.82, 2.24) is 0 Å². The summed E-state index contributed by atoms with van der Waals surface area (Å²) in [7, 11) is 0. The van der Waals surface area contributed by atoms with Gasteiger partial charge in [-0.2, -0.15) is 0 Å². The number of carbonyl (C=O) groups is 1. The summed E-state index contributed by atoms with van der Waals surface area (Å²) in [4.78, 5) is 22.5. The predicted molar refractivity (Wildman–Crippen MR) is 293 cm³/mol. The number of thiophene rings is 2. The van der Waals surface area contributed by atoms with E-state index in [1.807, 2.05) is 12.1 Å². The molecule has 6 heteroatoms. The Bertz CT molecular complexity index is 3160. The molecule has 11 rings (SSSR count). The average Bonchev–Trinajstić information content (AvgIpc) is 4.13. The fraction of sp³-hybridized carbons (Fsp3) is 0. The molecule has 9 aromatic carbocycles. The maximum atomic E-state index is 11.4. The summed E-state index contributed by atoms with van der Waals surface area (Å²) in [6, 6.07) is 94.5. The highest BCUT2D eigenvalue weighted by atomic mass is 32.1. The highest BCUT2D eigenvalue weighted by molar-refractivity contribution is 7.24. The summed E-state index contributed by atoms with van der Waals surface area (Å²) in [5.74, 6) is 0. The lowest BCUT2D eigenvalue weighted by Crippen LogP contribution is -2.10. The minimum Gasteiger partial charge on any atom is -0.311 e. The Labute approximate surface area is 411 Å². The summed E-state index contributed by atoms with van der Waals surface area (Å²) in [5.41, 5.74) is 15.5. The fourth-order valence-corrected chi connectivity index (χ4v) is 10.7. The minimum absolute atomic E-state index is 0.740. The lowest BCUT2D eigenvalue weighted by atomic mass is 10.0. The second-order valence-electron chi connectivity index (χ2n) is 16.6. The Kier molecular flexibility index (Phi) is 12.3. The third-order valence-corrected chi connectivity index (χ3v) is 14.6. The molecule has 2 heterocycles. The van der Waals surface area contributed by atoms with Gasteiger partial charge < -0.3 is 14.7 Å². The molecule has 0 aliphatic rings. The molecule has 0 aliphatic carbocycles. The molecule has 0 atom stereocenters. The molecule has 330 valence electrons. The first-order valence-electron chi connectivity index (χ1n) is 22.9. The zero-order chi connectivity index (χ0) is 46.4. The Morgan fingerprint density at radius 2 is 0.478 bits per heavy atom. The van der Waals surface area contributed by atoms with Crippen LogP contribution in [0.25, 0.3) is 42.4 Å². The van der Waals surface area contributed by atoms with Crippen LogP contribution in [0.4, 0.5) is 51.2 Å². The van der Waals surface area contributed by atoms with E-state index in [1.54, 1.807) is 11.3 Å². The first kappa shape index (κ1) is 43.0. The SMILES string of the molecule is O=Cc1ccc(-c2ccc(-c3ccc(N(c4ccc(-c5ccc(N(c6ccccc6)c6ccccc6)cc5)cc4)c4ccc(-c5ccc(N(c6ccccc6)c6ccccc6)cc5)cc4)cc3)s2)s1. The molecule has 0 N–H and O–H groups in total. The maximum Gasteiger partial charge on any atom is 0.160 e. The molecule has 0 fully saturated rings. The molecule has 11 aromatic rings. The van der Waals surface area contributed by atoms with E-state index in [0.717, 1.165) is 99.9 Å². The molecular formula is C63H45N3OS2. The van der Waals surface area contributed by atoms with Gasteiger partial charge in [0, 0.05) is 65.8 Å². The zero-order valence-electron chi connectivity index (χ0n) is 37.5. The minimum atomic E-state index is 0.740. The summed E-state index contributed by atoms with van der Waals surface area (Å²) < 4.78 is 0. The largest absolute Gasteiger partial charge is 0.311 e. The normalized spacial score (nSPS) is 11.0. The number of aldehydes is 1. The van der Waals surface area contributed by atoms with Crippen molar-refractivity contribution in [3.05, 3.63) is 272 Å². The molecule has 0 bridgehead atoms. The maximum absolute atomic E-state index is 11.4. The van der Waals surface area contributed by atoms with Gasteiger partial charge in [-0.1, -0.05) is 133 Å². The van der Waals surface area contributed by atoms with Crippen LogP contribution >= 0.6 is 22.7 Å². The van der Waals surface area contributed by atoms with Crippen molar-refractivity contribution < 1.29 is 4.79 Å². The highest BCUT2D eigenvalue weighted by Gasteiger charge is 2.17. The van der Waals surface area contributed by atoms with Crippen molar-refractivity contribution in [2.24, 2.45) is 0 Å². The molecule has 0 unspecified atom stereocenters. The Hall–Kier alpha value is -8.55. The van der Waals surface area contributed by atoms with Gasteiger partial charge in [0.2, 0.25) is 0 Å². The molecule has 4 nitrogen and oxygen atoms in total. The third-order valence-electron chi connectivity index (χ3n) is 12.2. The number of para-hydroxylation sites is 4. The van der Waals surface area contributed by atoms with Crippen LogP contribution in [0.3, 0.4) is 0 Å². The van der Waals surface area contributed by atoms with Gasteiger partial charge in [0.1, 0.15) is 0 Å². The van der Waals surface area contributed by atoms with E-state index in [-0.39, 0.29) is 0 Å². The number of carbonyl (C=O) groups excluding carboxylic acids is 1. The van der Waals surface area contributed by atoms with Crippen LogP contribution in [-0.4, -0.2) is 6.29 Å². The molecule has 2 aromatic heterocycles. The van der Waals surface area contributed by atoms with Gasteiger partial charge in [-0.05, 0) is 161 Å². The summed E-state index contributed by atoms with van der Waals surface area (Å²) >= 11 is 3.27. The zero-order valence-corrected chi connectivity index (χ0v) is 39.2. The summed E-state index contributed by atoms with van der Waals surface area (Å²) in [6.07, 6.45) is 0.919. The number of hydrogen-bond donors (Lipinski definition) is 0. The van der Waals surface area contributed by atoms with Gasteiger partial charge in [0.25, 0.3) is 0 Å². The van der Waals surface area contributed by atoms with E-state index in [0.29, 0.717) is 0 Å². The van der Waals surface area contributed by atoms with Gasteiger partial charge >= 0.3 is 0 Å². The monoisotopic (exact) mass is 923 g/mol. The molecule has 0 radical (unpaired) electrons. The molecule has 0 amide bonds. The van der Waals surface area contributed by atoms with Gasteiger partial charge in [-0.3, -0.25) is 4.79 Å². The van der Waals surface area contributed by atoms with Crippen molar-refractivity contribution in [3.63, 3.8) is 0 Å². The van der Waals surface area contributed by atoms with Crippen LogP contribution in [-0.2, 0) is 0 Å². The number of hydrogen-bond acceptors (Lipinski definition) is 6. The van der Waals surface area contributed by atoms with Gasteiger partial charge in [0.05, 0.1) is 4.88 Å². The Morgan fingerprint density at radius 3 is 0.768 bits per heavy atom. The quantitative estimate of drug-likeness (QED) is 0.102. The Morgan fingerprint density at radius 1 is 0.232 bits per heavy atom. The van der Waals surface area contributed by atoms with Crippen LogP contribution in [0.2, 0.25) is 0 Å². The number of anilines is 9. The molecule has 0 saturated heterocycles. The first-order chi connectivity index (χ1) is 34.1. The van der Waals surface area contributed by atoms with Gasteiger partial charge in [-0.25, -0.2) is 0 Å². The van der Waals surface area contributed by atoms with Crippen LogP contribution in [0.1, 0.15) is 9.67 Å². The Balaban J connectivity index is 0.896. The lowest BCUT2D eigenvalue weighted by Gasteiger charge is -2.26. The van der Waals surface area contributed by atoms with Gasteiger partial charge in [-0.15, -0.1) is 22.7 Å². The van der Waals surface area contributed by atoms with E-state index >= 15 is 0 Å². The van der Waals surface area contributed by atoms with E-state index < -0.39 is 0 Å². The van der Waals surface area contributed by atoms with Crippen LogP contribution in [0.15, 0.2) is 267 Å². The molecular weight excluding hydrogens is 879 g/mol. The van der Waals surface area contributed by atoms with Crippen molar-refractivity contribution in [2.75, 3.05) is 14.7 Å². The number of nitrogens with zero attached hydrogens (tertiary/aromatic N) is 3. The molecule has 0 spiro atoms. The first-order valence-corrected chi connectivity index (χ1v) is 24.6. The smallest absolute Gasteiger partial charge is 0.160 e. The van der Waals surface area contributed by atoms with Crippen LogP contribution in [0.5, 0.6) is 0 Å². The van der Waals surface area contributed by atoms with Crippen molar-refractivity contribution >= 4 is 80.1 Å². The number of benzene rings is 9. The second kappa shape index (κ2) is 19.7. The highest BCUT2D eigenvalue weighted by Crippen LogP contribution is 2.42. The number of rotatable bonds is 14. The van der Waals surface area contributed by atoms with Crippen molar-refractivity contribution in [2.45, 2.75) is 0 Å². The van der Waals surface area contributed by atoms with Crippen molar-refractivity contribution in [3.8, 4) is 42.4 Å². The topological polar surface area (TPSA) is 26.8 Å². The van der Waals surface area contributed by atoms with Crippen molar-refractivity contribution in [1.29, 1.82) is 0 Å². The molecule has 0 saturated carbocycles. The lowest BCUT2D eigenvalue weighted by molar-refractivity contribution is 0.112. The van der Waals surface area contributed by atoms with E-state index in [2.05, 4.69) is 269 Å². The van der Waals surface area contributed by atoms with Crippen LogP contribution < -0.4 is 14.7 Å². The standard InChI is InChI=1S/C63H45N3OS2/c67-45-60-41-42-62(68-60)63-44-43-61(69-63)50-29-39-59(40-30-50)66(57-35-25-48(26-36-57)46-21-31-55(32-22-46)64(51-13-5-1-6-14-51)52-15-7-2-8-16-52)58-37-27-49(28-38-58)47-23-33-56(34-24-47)65(53-17-9-3-10-18-53)54-19-11-4-12-20-54/h1-45H. The summed E-state index contributed by atoms with van der Waals surface area (Å²) in [6.45, 7) is 0. The predicted octanol–water partition coefficient (Wildman–Crippen LogP) is 18.7. The fourth-order valence-electron chi connectivity index (χ4n) is 8.81. The third kappa shape index (κ3) is 9.27. The van der Waals surface area contributed by atoms with Crippen LogP contribution in [0, 0.1) is 0 Å². The summed E-state index contributed by atoms with van der Waals surface area (Å²) in [5, 5.41) is 0.